The van der Waals surface area contributed by atoms with Crippen LogP contribution in [0.4, 0.5) is 0 Å². The van der Waals surface area contributed by atoms with E-state index in [-0.39, 0.29) is 5.75 Å². The standard InChI is InChI=1S/C22H38O2S/c1-2-3-4-5-6-7-8-9-10-11-12-13-14-18-21-25(23,24)22-19-16-15-17-20-22/h15-17,19-20H,2-14,18,21H2,1H3. The van der Waals surface area contributed by atoms with Crippen LogP contribution in [0.5, 0.6) is 0 Å². The Bertz CT molecular complexity index is 508. The Hall–Kier alpha value is -0.830. The van der Waals surface area contributed by atoms with E-state index < -0.39 is 9.84 Å². The highest BCUT2D eigenvalue weighted by Crippen LogP contribution is 2.15. The van der Waals surface area contributed by atoms with Crippen LogP contribution >= 0.6 is 0 Å². The van der Waals surface area contributed by atoms with Gasteiger partial charge in [-0.1, -0.05) is 109 Å². The summed E-state index contributed by atoms with van der Waals surface area (Å²) in [7, 11) is -3.08. The first-order valence-corrected chi connectivity index (χ1v) is 12.1. The molecule has 0 N–H and O–H groups in total. The van der Waals surface area contributed by atoms with E-state index in [9.17, 15) is 8.42 Å². The molecule has 0 aromatic heterocycles. The summed E-state index contributed by atoms with van der Waals surface area (Å²) in [6.07, 6.45) is 18.0. The Balaban J connectivity index is 1.89. The van der Waals surface area contributed by atoms with Gasteiger partial charge in [0.25, 0.3) is 0 Å². The largest absolute Gasteiger partial charge is 0.224 e. The molecule has 0 unspecified atom stereocenters. The predicted molar refractivity (Wildman–Crippen MR) is 109 cm³/mol. The molecule has 0 bridgehead atoms. The molecule has 0 radical (unpaired) electrons. The van der Waals surface area contributed by atoms with Gasteiger partial charge in [-0.05, 0) is 18.6 Å². The smallest absolute Gasteiger partial charge is 0.178 e. The van der Waals surface area contributed by atoms with Crippen LogP contribution in [0.2, 0.25) is 0 Å². The molecule has 0 aliphatic heterocycles. The average molecular weight is 367 g/mol. The molecule has 0 saturated carbocycles. The van der Waals surface area contributed by atoms with E-state index in [2.05, 4.69) is 6.92 Å². The van der Waals surface area contributed by atoms with Crippen LogP contribution in [0, 0.1) is 0 Å². The summed E-state index contributed by atoms with van der Waals surface area (Å²) in [6.45, 7) is 2.27. The first-order chi connectivity index (χ1) is 12.2. The molecule has 0 saturated heterocycles. The number of benzene rings is 1. The summed E-state index contributed by atoms with van der Waals surface area (Å²) in [5.41, 5.74) is 0. The minimum atomic E-state index is -3.08. The van der Waals surface area contributed by atoms with Gasteiger partial charge in [0, 0.05) is 0 Å². The van der Waals surface area contributed by atoms with Crippen molar-refractivity contribution in [1.82, 2.24) is 0 Å². The van der Waals surface area contributed by atoms with Crippen molar-refractivity contribution >= 4 is 9.84 Å². The Labute approximate surface area is 156 Å². The van der Waals surface area contributed by atoms with E-state index in [0.29, 0.717) is 4.90 Å². The molecule has 0 aliphatic rings. The van der Waals surface area contributed by atoms with Crippen molar-refractivity contribution in [3.05, 3.63) is 30.3 Å². The highest BCUT2D eigenvalue weighted by atomic mass is 32.2. The first kappa shape index (κ1) is 22.2. The Kier molecular flexibility index (Phi) is 12.8. The average Bonchev–Trinajstić information content (AvgIpc) is 2.63. The fraction of sp³-hybridized carbons (Fsp3) is 0.727. The predicted octanol–water partition coefficient (Wildman–Crippen LogP) is 6.94. The summed E-state index contributed by atoms with van der Waals surface area (Å²) in [6, 6.07) is 8.82. The normalized spacial score (nSPS) is 11.7. The van der Waals surface area contributed by atoms with Crippen LogP contribution in [-0.2, 0) is 9.84 Å². The second kappa shape index (κ2) is 14.4. The number of unbranched alkanes of at least 4 members (excludes halogenated alkanes) is 13. The second-order valence-corrected chi connectivity index (χ2v) is 9.34. The van der Waals surface area contributed by atoms with E-state index in [1.807, 2.05) is 6.07 Å². The summed E-state index contributed by atoms with van der Waals surface area (Å²) in [5.74, 6) is 0.287. The van der Waals surface area contributed by atoms with Gasteiger partial charge in [0.05, 0.1) is 10.6 Å². The zero-order valence-corrected chi connectivity index (χ0v) is 17.0. The lowest BCUT2D eigenvalue weighted by molar-refractivity contribution is 0.537. The third-order valence-corrected chi connectivity index (χ3v) is 6.69. The van der Waals surface area contributed by atoms with Gasteiger partial charge in [0.1, 0.15) is 0 Å². The van der Waals surface area contributed by atoms with Crippen molar-refractivity contribution in [2.24, 2.45) is 0 Å². The molecule has 1 aromatic rings. The number of rotatable bonds is 16. The lowest BCUT2D eigenvalue weighted by Gasteiger charge is -2.05. The highest BCUT2D eigenvalue weighted by Gasteiger charge is 2.12. The summed E-state index contributed by atoms with van der Waals surface area (Å²) in [4.78, 5) is 0.463. The Morgan fingerprint density at radius 1 is 0.600 bits per heavy atom. The minimum absolute atomic E-state index is 0.287. The molecule has 0 aliphatic carbocycles. The molecular formula is C22H38O2S. The van der Waals surface area contributed by atoms with Crippen LogP contribution in [0.1, 0.15) is 96.8 Å². The van der Waals surface area contributed by atoms with Gasteiger partial charge in [0.15, 0.2) is 9.84 Å². The van der Waals surface area contributed by atoms with Crippen LogP contribution in [-0.4, -0.2) is 14.2 Å². The van der Waals surface area contributed by atoms with Crippen molar-refractivity contribution in [2.45, 2.75) is 102 Å². The highest BCUT2D eigenvalue weighted by molar-refractivity contribution is 7.91. The van der Waals surface area contributed by atoms with Crippen LogP contribution < -0.4 is 0 Å². The van der Waals surface area contributed by atoms with E-state index >= 15 is 0 Å². The molecular weight excluding hydrogens is 328 g/mol. The maximum atomic E-state index is 12.2. The van der Waals surface area contributed by atoms with Gasteiger partial charge < -0.3 is 0 Å². The quantitative estimate of drug-likeness (QED) is 0.297. The SMILES string of the molecule is CCCCCCCCCCCCCCCCS(=O)(=O)c1ccccc1. The fourth-order valence-electron chi connectivity index (χ4n) is 3.23. The van der Waals surface area contributed by atoms with E-state index in [1.165, 1.54) is 77.0 Å². The van der Waals surface area contributed by atoms with E-state index in [1.54, 1.807) is 24.3 Å². The summed E-state index contributed by atoms with van der Waals surface area (Å²) >= 11 is 0. The Morgan fingerprint density at radius 3 is 1.44 bits per heavy atom. The molecule has 3 heteroatoms. The molecule has 1 aromatic carbocycles. The topological polar surface area (TPSA) is 34.1 Å². The van der Waals surface area contributed by atoms with Crippen molar-refractivity contribution in [3.8, 4) is 0 Å². The molecule has 0 spiro atoms. The van der Waals surface area contributed by atoms with Gasteiger partial charge in [0.2, 0.25) is 0 Å². The zero-order chi connectivity index (χ0) is 18.2. The fourth-order valence-corrected chi connectivity index (χ4v) is 4.62. The van der Waals surface area contributed by atoms with Gasteiger partial charge >= 0.3 is 0 Å². The van der Waals surface area contributed by atoms with Gasteiger partial charge in [-0.25, -0.2) is 8.42 Å². The Morgan fingerprint density at radius 2 is 1.00 bits per heavy atom. The number of sulfone groups is 1. The summed E-state index contributed by atoms with van der Waals surface area (Å²) < 4.78 is 24.3. The van der Waals surface area contributed by atoms with Crippen LogP contribution in [0.15, 0.2) is 35.2 Å². The second-order valence-electron chi connectivity index (χ2n) is 7.23. The number of hydrogen-bond acceptors (Lipinski definition) is 2. The van der Waals surface area contributed by atoms with Crippen molar-refractivity contribution in [2.75, 3.05) is 5.75 Å². The number of hydrogen-bond donors (Lipinski definition) is 0. The van der Waals surface area contributed by atoms with E-state index in [0.717, 1.165) is 12.8 Å². The van der Waals surface area contributed by atoms with Crippen molar-refractivity contribution in [1.29, 1.82) is 0 Å². The molecule has 2 nitrogen and oxygen atoms in total. The third-order valence-electron chi connectivity index (χ3n) is 4.87. The van der Waals surface area contributed by atoms with Gasteiger partial charge in [-0.3, -0.25) is 0 Å². The maximum absolute atomic E-state index is 12.2. The maximum Gasteiger partial charge on any atom is 0.178 e. The minimum Gasteiger partial charge on any atom is -0.224 e. The van der Waals surface area contributed by atoms with Gasteiger partial charge in [-0.2, -0.15) is 0 Å². The first-order valence-electron chi connectivity index (χ1n) is 10.4. The molecule has 0 fully saturated rings. The monoisotopic (exact) mass is 366 g/mol. The van der Waals surface area contributed by atoms with E-state index in [4.69, 9.17) is 0 Å². The molecule has 1 rings (SSSR count). The van der Waals surface area contributed by atoms with Gasteiger partial charge in [-0.15, -0.1) is 0 Å². The van der Waals surface area contributed by atoms with Crippen molar-refractivity contribution < 1.29 is 8.42 Å². The third kappa shape index (κ3) is 11.4. The zero-order valence-electron chi connectivity index (χ0n) is 16.2. The lowest BCUT2D eigenvalue weighted by atomic mass is 10.0. The van der Waals surface area contributed by atoms with Crippen molar-refractivity contribution in [3.63, 3.8) is 0 Å². The summed E-state index contributed by atoms with van der Waals surface area (Å²) in [5, 5.41) is 0. The lowest BCUT2D eigenvalue weighted by Crippen LogP contribution is -2.06. The molecule has 0 atom stereocenters. The van der Waals surface area contributed by atoms with Crippen LogP contribution in [0.3, 0.4) is 0 Å². The van der Waals surface area contributed by atoms with Crippen LogP contribution in [0.25, 0.3) is 0 Å². The molecule has 144 valence electrons. The molecule has 25 heavy (non-hydrogen) atoms. The molecule has 0 heterocycles. The molecule has 0 amide bonds.